The summed E-state index contributed by atoms with van der Waals surface area (Å²) in [6.45, 7) is 0.406. The van der Waals surface area contributed by atoms with Crippen molar-refractivity contribution in [2.24, 2.45) is 0 Å². The second kappa shape index (κ2) is 9.05. The van der Waals surface area contributed by atoms with Crippen LogP contribution in [0.5, 0.6) is 0 Å². The van der Waals surface area contributed by atoms with Crippen LogP contribution in [0.4, 0.5) is 0 Å². The molecular formula is C26H18ClN5O2S. The van der Waals surface area contributed by atoms with Gasteiger partial charge in [-0.25, -0.2) is 4.98 Å². The van der Waals surface area contributed by atoms with Gasteiger partial charge >= 0.3 is 0 Å². The van der Waals surface area contributed by atoms with Gasteiger partial charge in [-0.1, -0.05) is 71.9 Å². The number of aromatic nitrogens is 5. The Labute approximate surface area is 209 Å². The van der Waals surface area contributed by atoms with E-state index in [1.165, 1.54) is 11.8 Å². The van der Waals surface area contributed by atoms with Gasteiger partial charge in [-0.15, -0.1) is 10.2 Å². The van der Waals surface area contributed by atoms with Gasteiger partial charge in [0, 0.05) is 16.3 Å². The Morgan fingerprint density at radius 2 is 1.77 bits per heavy atom. The van der Waals surface area contributed by atoms with Crippen molar-refractivity contribution in [2.45, 2.75) is 17.5 Å². The summed E-state index contributed by atoms with van der Waals surface area (Å²) in [4.78, 5) is 17.9. The summed E-state index contributed by atoms with van der Waals surface area (Å²) in [5, 5.41) is 10.7. The number of para-hydroxylation sites is 1. The molecule has 172 valence electrons. The number of halogens is 1. The maximum atomic E-state index is 13.3. The largest absolute Gasteiger partial charge is 0.444 e. The number of oxazole rings is 1. The van der Waals surface area contributed by atoms with Gasteiger partial charge in [-0.2, -0.15) is 0 Å². The smallest absolute Gasteiger partial charge is 0.263 e. The molecule has 6 aromatic rings. The molecule has 0 N–H and O–H groups in total. The number of nitrogens with zero attached hydrogens (tertiary/aromatic N) is 5. The fourth-order valence-electron chi connectivity index (χ4n) is 4.00. The third-order valence-corrected chi connectivity index (χ3v) is 6.83. The quantitative estimate of drug-likeness (QED) is 0.274. The second-order valence-electron chi connectivity index (χ2n) is 7.96. The molecular weight excluding hydrogens is 482 g/mol. The SMILES string of the molecule is O=c1c2ccccc2n2c(SCc3coc(-c4cccc(Cl)c4)n3)nnc2n1Cc1ccccc1. The summed E-state index contributed by atoms with van der Waals surface area (Å²) in [7, 11) is 0. The van der Waals surface area contributed by atoms with E-state index in [-0.39, 0.29) is 5.56 Å². The Hall–Kier alpha value is -3.88. The molecule has 0 bridgehead atoms. The van der Waals surface area contributed by atoms with Crippen LogP contribution in [0.2, 0.25) is 5.02 Å². The molecule has 3 heterocycles. The first kappa shape index (κ1) is 21.6. The number of thioether (sulfide) groups is 1. The first-order chi connectivity index (χ1) is 17.2. The van der Waals surface area contributed by atoms with Crippen LogP contribution in [0.1, 0.15) is 11.3 Å². The maximum Gasteiger partial charge on any atom is 0.263 e. The monoisotopic (exact) mass is 499 g/mol. The van der Waals surface area contributed by atoms with Crippen molar-refractivity contribution in [1.29, 1.82) is 0 Å². The van der Waals surface area contributed by atoms with Crippen LogP contribution in [-0.4, -0.2) is 24.1 Å². The van der Waals surface area contributed by atoms with E-state index < -0.39 is 0 Å². The number of benzene rings is 3. The molecule has 9 heteroatoms. The van der Waals surface area contributed by atoms with E-state index in [0.29, 0.717) is 39.5 Å². The number of fused-ring (bicyclic) bond motifs is 3. The van der Waals surface area contributed by atoms with Gasteiger partial charge in [0.15, 0.2) is 5.16 Å². The maximum absolute atomic E-state index is 13.3. The number of hydrogen-bond acceptors (Lipinski definition) is 6. The van der Waals surface area contributed by atoms with Crippen molar-refractivity contribution in [2.75, 3.05) is 0 Å². The molecule has 0 radical (unpaired) electrons. The lowest BCUT2D eigenvalue weighted by atomic mass is 10.2. The highest BCUT2D eigenvalue weighted by molar-refractivity contribution is 7.98. The highest BCUT2D eigenvalue weighted by atomic mass is 35.5. The molecule has 6 rings (SSSR count). The Morgan fingerprint density at radius 1 is 0.943 bits per heavy atom. The van der Waals surface area contributed by atoms with E-state index in [9.17, 15) is 4.79 Å². The number of rotatable bonds is 6. The zero-order chi connectivity index (χ0) is 23.8. The third-order valence-electron chi connectivity index (χ3n) is 5.63. The molecule has 0 saturated heterocycles. The lowest BCUT2D eigenvalue weighted by Crippen LogP contribution is -2.24. The molecule has 0 atom stereocenters. The first-order valence-electron chi connectivity index (χ1n) is 10.9. The van der Waals surface area contributed by atoms with Crippen LogP contribution in [0.25, 0.3) is 28.1 Å². The zero-order valence-corrected chi connectivity index (χ0v) is 19.9. The molecule has 0 aliphatic carbocycles. The van der Waals surface area contributed by atoms with Crippen LogP contribution in [-0.2, 0) is 12.3 Å². The van der Waals surface area contributed by atoms with E-state index in [1.54, 1.807) is 10.8 Å². The van der Waals surface area contributed by atoms with Gasteiger partial charge in [0.25, 0.3) is 5.56 Å². The van der Waals surface area contributed by atoms with E-state index >= 15 is 0 Å². The van der Waals surface area contributed by atoms with Crippen LogP contribution >= 0.6 is 23.4 Å². The van der Waals surface area contributed by atoms with Crippen LogP contribution in [0.15, 0.2) is 99.5 Å². The van der Waals surface area contributed by atoms with Crippen molar-refractivity contribution < 1.29 is 4.42 Å². The molecule has 3 aromatic heterocycles. The second-order valence-corrected chi connectivity index (χ2v) is 9.33. The summed E-state index contributed by atoms with van der Waals surface area (Å²) in [5.41, 5.74) is 3.27. The fourth-order valence-corrected chi connectivity index (χ4v) is 5.01. The summed E-state index contributed by atoms with van der Waals surface area (Å²) >= 11 is 7.58. The molecule has 0 unspecified atom stereocenters. The molecule has 0 aliphatic rings. The van der Waals surface area contributed by atoms with Crippen molar-refractivity contribution >= 4 is 40.0 Å². The summed E-state index contributed by atoms with van der Waals surface area (Å²) in [5.74, 6) is 1.54. The normalized spacial score (nSPS) is 11.5. The molecule has 3 aromatic carbocycles. The standard InChI is InChI=1S/C26H18ClN5O2S/c27-19-10-6-9-18(13-19)23-28-20(15-34-23)16-35-26-30-29-25-31(14-17-7-2-1-3-8-17)24(33)21-11-4-5-12-22(21)32(25)26/h1-13,15H,14,16H2. The van der Waals surface area contributed by atoms with Gasteiger partial charge in [-0.3, -0.25) is 13.8 Å². The van der Waals surface area contributed by atoms with Crippen LogP contribution < -0.4 is 5.56 Å². The van der Waals surface area contributed by atoms with Crippen molar-refractivity contribution in [3.8, 4) is 11.5 Å². The molecule has 0 aliphatic heterocycles. The van der Waals surface area contributed by atoms with E-state index in [2.05, 4.69) is 15.2 Å². The van der Waals surface area contributed by atoms with Gasteiger partial charge in [-0.05, 0) is 35.9 Å². The Morgan fingerprint density at radius 3 is 2.63 bits per heavy atom. The van der Waals surface area contributed by atoms with E-state index in [0.717, 1.165) is 22.3 Å². The molecule has 35 heavy (non-hydrogen) atoms. The zero-order valence-electron chi connectivity index (χ0n) is 18.3. The molecule has 0 amide bonds. The van der Waals surface area contributed by atoms with E-state index in [1.807, 2.05) is 83.3 Å². The predicted molar refractivity (Wildman–Crippen MR) is 137 cm³/mol. The Bertz CT molecular complexity index is 1730. The van der Waals surface area contributed by atoms with Gasteiger partial charge in [0.2, 0.25) is 11.7 Å². The Kier molecular flexibility index (Phi) is 5.60. The molecule has 0 spiro atoms. The minimum atomic E-state index is -0.0939. The van der Waals surface area contributed by atoms with Crippen molar-refractivity contribution in [3.63, 3.8) is 0 Å². The fraction of sp³-hybridized carbons (Fsp3) is 0.0769. The predicted octanol–water partition coefficient (Wildman–Crippen LogP) is 5.69. The van der Waals surface area contributed by atoms with Crippen LogP contribution in [0.3, 0.4) is 0 Å². The van der Waals surface area contributed by atoms with Crippen LogP contribution in [0, 0.1) is 0 Å². The molecule has 7 nitrogen and oxygen atoms in total. The minimum absolute atomic E-state index is 0.0939. The van der Waals surface area contributed by atoms with Crippen molar-refractivity contribution in [3.05, 3.63) is 112 Å². The third kappa shape index (κ3) is 4.11. The first-order valence-corrected chi connectivity index (χ1v) is 12.3. The average Bonchev–Trinajstić information content (AvgIpc) is 3.53. The minimum Gasteiger partial charge on any atom is -0.444 e. The highest BCUT2D eigenvalue weighted by Gasteiger charge is 2.18. The summed E-state index contributed by atoms with van der Waals surface area (Å²) < 4.78 is 9.26. The van der Waals surface area contributed by atoms with Gasteiger partial charge in [0.05, 0.1) is 23.1 Å². The van der Waals surface area contributed by atoms with Gasteiger partial charge < -0.3 is 4.42 Å². The number of hydrogen-bond donors (Lipinski definition) is 0. The van der Waals surface area contributed by atoms with Gasteiger partial charge in [0.1, 0.15) is 6.26 Å². The molecule has 0 saturated carbocycles. The summed E-state index contributed by atoms with van der Waals surface area (Å²) in [6.07, 6.45) is 1.63. The lowest BCUT2D eigenvalue weighted by molar-refractivity contribution is 0.573. The molecule has 0 fully saturated rings. The van der Waals surface area contributed by atoms with Crippen molar-refractivity contribution in [1.82, 2.24) is 24.1 Å². The van der Waals surface area contributed by atoms with E-state index in [4.69, 9.17) is 16.0 Å². The summed E-state index contributed by atoms with van der Waals surface area (Å²) in [6, 6.07) is 24.8. The Balaban J connectivity index is 1.37. The average molecular weight is 500 g/mol. The lowest BCUT2D eigenvalue weighted by Gasteiger charge is -2.11. The highest BCUT2D eigenvalue weighted by Crippen LogP contribution is 2.27. The topological polar surface area (TPSA) is 78.2 Å².